The number of anilines is 2. The van der Waals surface area contributed by atoms with Crippen LogP contribution in [0.2, 0.25) is 0 Å². The fourth-order valence-corrected chi connectivity index (χ4v) is 5.40. The van der Waals surface area contributed by atoms with E-state index < -0.39 is 5.54 Å². The van der Waals surface area contributed by atoms with Gasteiger partial charge in [-0.3, -0.25) is 9.79 Å². The zero-order valence-corrected chi connectivity index (χ0v) is 19.3. The molecule has 1 saturated carbocycles. The number of aliphatic imine (C=N–C) groups is 1. The average Bonchev–Trinajstić information content (AvgIpc) is 3.36. The third kappa shape index (κ3) is 4.54. The fourth-order valence-electron chi connectivity index (χ4n) is 5.40. The van der Waals surface area contributed by atoms with Crippen molar-refractivity contribution < 1.29 is 9.53 Å². The lowest BCUT2D eigenvalue weighted by molar-refractivity contribution is -0.132. The Bertz CT molecular complexity index is 1030. The Hall–Kier alpha value is -3.09. The predicted octanol–water partition coefficient (Wildman–Crippen LogP) is 4.26. The van der Waals surface area contributed by atoms with Crippen molar-refractivity contribution in [2.24, 2.45) is 4.99 Å². The van der Waals surface area contributed by atoms with Gasteiger partial charge in [-0.05, 0) is 55.9 Å². The summed E-state index contributed by atoms with van der Waals surface area (Å²) in [5.41, 5.74) is 1.66. The van der Waals surface area contributed by atoms with Crippen molar-refractivity contribution in [2.45, 2.75) is 62.9 Å². The molecule has 3 heterocycles. The molecule has 0 radical (unpaired) electrons. The highest BCUT2D eigenvalue weighted by Gasteiger charge is 2.45. The van der Waals surface area contributed by atoms with E-state index in [1.165, 1.54) is 12.8 Å². The highest BCUT2D eigenvalue weighted by molar-refractivity contribution is 6.09. The number of rotatable bonds is 5. The van der Waals surface area contributed by atoms with Crippen molar-refractivity contribution in [2.75, 3.05) is 30.8 Å². The molecule has 1 saturated heterocycles. The smallest absolute Gasteiger partial charge is 0.222 e. The number of ether oxygens (including phenoxy) is 1. The number of benzene rings is 1. The number of nitrogens with one attached hydrogen (secondary N) is 2. The summed E-state index contributed by atoms with van der Waals surface area (Å²) in [5.74, 6) is 2.79. The van der Waals surface area contributed by atoms with Gasteiger partial charge >= 0.3 is 0 Å². The number of pyridine rings is 1. The quantitative estimate of drug-likeness (QED) is 0.716. The summed E-state index contributed by atoms with van der Waals surface area (Å²) < 4.78 is 5.46. The fraction of sp³-hybridized carbons (Fsp3) is 0.500. The molecule has 0 unspecified atom stereocenters. The van der Waals surface area contributed by atoms with Crippen LogP contribution < -0.4 is 15.4 Å². The summed E-state index contributed by atoms with van der Waals surface area (Å²) >= 11 is 0. The number of hydrogen-bond donors (Lipinski definition) is 2. The SMILES string of the molecule is COc1ccccc1CCC(=O)N1CCC[C@]2(C1)Nc1cccnc1NC2=NC1CCCC1. The highest BCUT2D eigenvalue weighted by Crippen LogP contribution is 2.36. The number of carbonyl (C=O) groups excluding carboxylic acids is 1. The second kappa shape index (κ2) is 9.41. The van der Waals surface area contributed by atoms with E-state index in [9.17, 15) is 4.79 Å². The number of aryl methyl sites for hydroxylation is 1. The van der Waals surface area contributed by atoms with Gasteiger partial charge in [0.05, 0.1) is 25.4 Å². The van der Waals surface area contributed by atoms with Gasteiger partial charge in [0.25, 0.3) is 0 Å². The van der Waals surface area contributed by atoms with E-state index in [-0.39, 0.29) is 5.91 Å². The Morgan fingerprint density at radius 2 is 2.06 bits per heavy atom. The third-order valence-electron chi connectivity index (χ3n) is 7.15. The van der Waals surface area contributed by atoms with Crippen molar-refractivity contribution in [1.29, 1.82) is 0 Å². The molecule has 1 atom stereocenters. The number of methoxy groups -OCH3 is 1. The second-order valence-electron chi connectivity index (χ2n) is 9.38. The van der Waals surface area contributed by atoms with Crippen LogP contribution in [0.25, 0.3) is 0 Å². The lowest BCUT2D eigenvalue weighted by atomic mass is 9.85. The van der Waals surface area contributed by atoms with E-state index in [4.69, 9.17) is 9.73 Å². The Balaban J connectivity index is 1.35. The molecule has 1 aromatic heterocycles. The average molecular weight is 448 g/mol. The summed E-state index contributed by atoms with van der Waals surface area (Å²) in [6, 6.07) is 12.3. The van der Waals surface area contributed by atoms with E-state index in [1.807, 2.05) is 41.3 Å². The molecule has 1 amide bonds. The standard InChI is InChI=1S/C26H33N5O2/c1-33-22-12-5-2-8-19(22)13-14-23(32)31-17-7-15-26(18-31)25(28-20-9-3-4-10-20)29-24-21(30-26)11-6-16-27-24/h2,5-6,8,11-12,16,20,30H,3-4,7,9-10,13-15,17-18H2,1H3,(H,27,28,29)/t26-/m1/s1. The lowest BCUT2D eigenvalue weighted by Gasteiger charge is -2.47. The van der Waals surface area contributed by atoms with Crippen molar-refractivity contribution in [3.05, 3.63) is 48.2 Å². The molecule has 174 valence electrons. The van der Waals surface area contributed by atoms with Crippen LogP contribution in [0, 0.1) is 0 Å². The van der Waals surface area contributed by atoms with E-state index in [0.29, 0.717) is 25.4 Å². The number of piperidine rings is 1. The second-order valence-corrected chi connectivity index (χ2v) is 9.38. The molecule has 3 aliphatic rings. The molecule has 5 rings (SSSR count). The Morgan fingerprint density at radius 1 is 1.21 bits per heavy atom. The van der Waals surface area contributed by atoms with Gasteiger partial charge in [-0.15, -0.1) is 0 Å². The van der Waals surface area contributed by atoms with Crippen LogP contribution in [0.3, 0.4) is 0 Å². The number of aromatic nitrogens is 1. The number of para-hydroxylation sites is 1. The van der Waals surface area contributed by atoms with Crippen molar-refractivity contribution in [3.63, 3.8) is 0 Å². The Morgan fingerprint density at radius 3 is 2.91 bits per heavy atom. The molecule has 2 N–H and O–H groups in total. The summed E-state index contributed by atoms with van der Waals surface area (Å²) in [7, 11) is 1.68. The Labute approximate surface area is 195 Å². The lowest BCUT2D eigenvalue weighted by Crippen LogP contribution is -2.62. The number of amidine groups is 1. The maximum atomic E-state index is 13.3. The molecule has 2 aromatic rings. The number of hydrogen-bond acceptors (Lipinski definition) is 5. The van der Waals surface area contributed by atoms with Crippen LogP contribution >= 0.6 is 0 Å². The largest absolute Gasteiger partial charge is 0.496 e. The molecule has 7 nitrogen and oxygen atoms in total. The molecule has 1 spiro atoms. The van der Waals surface area contributed by atoms with Crippen molar-refractivity contribution >= 4 is 23.2 Å². The highest BCUT2D eigenvalue weighted by atomic mass is 16.5. The van der Waals surface area contributed by atoms with Gasteiger partial charge in [-0.25, -0.2) is 4.98 Å². The normalized spacial score (nSPS) is 23.8. The van der Waals surface area contributed by atoms with Crippen molar-refractivity contribution in [3.8, 4) is 5.75 Å². The zero-order valence-electron chi connectivity index (χ0n) is 19.3. The molecule has 33 heavy (non-hydrogen) atoms. The molecule has 1 aliphatic carbocycles. The predicted molar refractivity (Wildman–Crippen MR) is 131 cm³/mol. The van der Waals surface area contributed by atoms with Crippen molar-refractivity contribution in [1.82, 2.24) is 9.88 Å². The van der Waals surface area contributed by atoms with E-state index in [2.05, 4.69) is 15.6 Å². The first kappa shape index (κ1) is 21.7. The maximum Gasteiger partial charge on any atom is 0.222 e. The van der Waals surface area contributed by atoms with Gasteiger partial charge in [0.15, 0.2) is 5.82 Å². The summed E-state index contributed by atoms with van der Waals surface area (Å²) in [4.78, 5) is 25.0. The molecule has 0 bridgehead atoms. The minimum Gasteiger partial charge on any atom is -0.496 e. The summed E-state index contributed by atoms with van der Waals surface area (Å²) in [6.45, 7) is 1.40. The van der Waals surface area contributed by atoms with Gasteiger partial charge in [0.2, 0.25) is 5.91 Å². The van der Waals surface area contributed by atoms with Gasteiger partial charge in [0.1, 0.15) is 17.1 Å². The molecule has 1 aromatic carbocycles. The summed E-state index contributed by atoms with van der Waals surface area (Å²) in [6.07, 6.45) is 9.58. The van der Waals surface area contributed by atoms with Gasteiger partial charge < -0.3 is 20.3 Å². The van der Waals surface area contributed by atoms with E-state index in [1.54, 1.807) is 13.3 Å². The molecular weight excluding hydrogens is 414 g/mol. The number of likely N-dealkylation sites (tertiary alicyclic amines) is 1. The minimum absolute atomic E-state index is 0.180. The first-order chi connectivity index (χ1) is 16.2. The number of fused-ring (bicyclic) bond motifs is 1. The Kier molecular flexibility index (Phi) is 6.20. The van der Waals surface area contributed by atoms with Gasteiger partial charge in [-0.2, -0.15) is 0 Å². The third-order valence-corrected chi connectivity index (χ3v) is 7.15. The van der Waals surface area contributed by atoms with Crippen LogP contribution in [0.4, 0.5) is 11.5 Å². The van der Waals surface area contributed by atoms with Crippen LogP contribution in [0.15, 0.2) is 47.6 Å². The monoisotopic (exact) mass is 447 g/mol. The van der Waals surface area contributed by atoms with Crippen LogP contribution in [0.5, 0.6) is 5.75 Å². The zero-order chi connectivity index (χ0) is 22.7. The first-order valence-corrected chi connectivity index (χ1v) is 12.1. The maximum absolute atomic E-state index is 13.3. The van der Waals surface area contributed by atoms with Crippen LogP contribution in [0.1, 0.15) is 50.5 Å². The molecule has 2 fully saturated rings. The van der Waals surface area contributed by atoms with Crippen LogP contribution in [-0.4, -0.2) is 53.4 Å². The molecule has 7 heteroatoms. The number of nitrogens with zero attached hydrogens (tertiary/aromatic N) is 3. The minimum atomic E-state index is -0.392. The van der Waals surface area contributed by atoms with E-state index in [0.717, 1.165) is 60.9 Å². The molecule has 2 aliphatic heterocycles. The molecular formula is C26H33N5O2. The van der Waals surface area contributed by atoms with Gasteiger partial charge in [0, 0.05) is 19.2 Å². The van der Waals surface area contributed by atoms with Crippen LogP contribution in [-0.2, 0) is 11.2 Å². The number of carbonyl (C=O) groups is 1. The number of amides is 1. The van der Waals surface area contributed by atoms with E-state index >= 15 is 0 Å². The first-order valence-electron chi connectivity index (χ1n) is 12.1. The van der Waals surface area contributed by atoms with Gasteiger partial charge in [-0.1, -0.05) is 31.0 Å². The topological polar surface area (TPSA) is 78.8 Å². The summed E-state index contributed by atoms with van der Waals surface area (Å²) in [5, 5.41) is 7.28.